The summed E-state index contributed by atoms with van der Waals surface area (Å²) in [5, 5.41) is 12.1. The first-order chi connectivity index (χ1) is 21.3. The number of phenolic OH excluding ortho intramolecular Hbond substituents is 1. The maximum Gasteiger partial charge on any atom is 0.149 e. The van der Waals surface area contributed by atoms with Crippen LogP contribution in [-0.2, 0) is 11.8 Å². The monoisotopic (exact) mass is 573 g/mol. The zero-order valence-corrected chi connectivity index (χ0v) is 25.5. The number of hydrogen-bond acceptors (Lipinski definition) is 3. The van der Waals surface area contributed by atoms with Crippen molar-refractivity contribution in [2.75, 3.05) is 0 Å². The molecule has 0 spiro atoms. The van der Waals surface area contributed by atoms with Gasteiger partial charge in [-0.25, -0.2) is 4.98 Å². The summed E-state index contributed by atoms with van der Waals surface area (Å²) in [6.45, 7) is 8.85. The van der Waals surface area contributed by atoms with Crippen LogP contribution < -0.4 is 0 Å². The average molecular weight is 574 g/mol. The minimum Gasteiger partial charge on any atom is -0.507 e. The smallest absolute Gasteiger partial charge is 0.149 e. The Bertz CT molecular complexity index is 2150. The van der Waals surface area contributed by atoms with E-state index in [-0.39, 0.29) is 11.2 Å². The van der Waals surface area contributed by atoms with Crippen LogP contribution in [0.1, 0.15) is 38.8 Å². The summed E-state index contributed by atoms with van der Waals surface area (Å²) < 4.78 is 2.16. The largest absolute Gasteiger partial charge is 0.507 e. The van der Waals surface area contributed by atoms with Crippen molar-refractivity contribution in [3.8, 4) is 45.1 Å². The van der Waals surface area contributed by atoms with Crippen molar-refractivity contribution in [3.63, 3.8) is 0 Å². The summed E-state index contributed by atoms with van der Waals surface area (Å²) in [5.74, 6) is 0.907. The molecule has 2 aromatic heterocycles. The van der Waals surface area contributed by atoms with E-state index in [2.05, 4.69) is 117 Å². The summed E-state index contributed by atoms with van der Waals surface area (Å²) in [7, 11) is 0. The highest BCUT2D eigenvalue weighted by Crippen LogP contribution is 2.39. The number of hydrogen-bond donors (Lipinski definition) is 1. The van der Waals surface area contributed by atoms with Crippen LogP contribution in [0.4, 0.5) is 0 Å². The number of para-hydroxylation sites is 2. The van der Waals surface area contributed by atoms with Crippen molar-refractivity contribution >= 4 is 21.9 Å². The summed E-state index contributed by atoms with van der Waals surface area (Å²) in [5.41, 5.74) is 11.5. The lowest BCUT2D eigenvalue weighted by molar-refractivity contribution is 0.477. The molecule has 0 aliphatic heterocycles. The topological polar surface area (TPSA) is 50.9 Å². The third-order valence-corrected chi connectivity index (χ3v) is 8.55. The molecule has 5 aromatic carbocycles. The van der Waals surface area contributed by atoms with Crippen LogP contribution in [0.25, 0.3) is 61.3 Å². The van der Waals surface area contributed by atoms with E-state index in [1.54, 1.807) is 6.07 Å². The highest BCUT2D eigenvalue weighted by Gasteiger charge is 2.21. The number of rotatable bonds is 5. The average Bonchev–Trinajstić information content (AvgIpc) is 3.43. The van der Waals surface area contributed by atoms with Gasteiger partial charge in [-0.15, -0.1) is 0 Å². The van der Waals surface area contributed by atoms with Crippen molar-refractivity contribution in [2.24, 2.45) is 0 Å². The van der Waals surface area contributed by atoms with E-state index in [1.807, 2.05) is 30.5 Å². The molecule has 4 nitrogen and oxygen atoms in total. The molecule has 0 aliphatic rings. The molecule has 0 amide bonds. The van der Waals surface area contributed by atoms with Crippen molar-refractivity contribution in [2.45, 2.75) is 39.5 Å². The molecule has 4 heteroatoms. The summed E-state index contributed by atoms with van der Waals surface area (Å²) in [6, 6.07) is 39.7. The Hall–Kier alpha value is -5.22. The third kappa shape index (κ3) is 4.73. The lowest BCUT2D eigenvalue weighted by Crippen LogP contribution is -2.11. The molecule has 0 fully saturated rings. The second kappa shape index (κ2) is 10.8. The van der Waals surface area contributed by atoms with Gasteiger partial charge in [0.1, 0.15) is 11.6 Å². The van der Waals surface area contributed by atoms with Crippen LogP contribution in [-0.4, -0.2) is 19.6 Å². The fourth-order valence-electron chi connectivity index (χ4n) is 6.17. The second-order valence-corrected chi connectivity index (χ2v) is 12.4. The summed E-state index contributed by atoms with van der Waals surface area (Å²) in [6.07, 6.45) is 2.84. The number of imidazole rings is 1. The minimum atomic E-state index is 0.0476. The number of pyridine rings is 1. The lowest BCUT2D eigenvalue weighted by atomic mass is 9.87. The van der Waals surface area contributed by atoms with Gasteiger partial charge in [-0.2, -0.15) is 0 Å². The molecular formula is C40H35N3O. The Labute approximate surface area is 258 Å². The van der Waals surface area contributed by atoms with Crippen LogP contribution in [0.3, 0.4) is 0 Å². The van der Waals surface area contributed by atoms with Crippen LogP contribution in [0.2, 0.25) is 0 Å². The zero-order valence-electron chi connectivity index (χ0n) is 25.5. The van der Waals surface area contributed by atoms with Gasteiger partial charge in [0.25, 0.3) is 0 Å². The predicted octanol–water partition coefficient (Wildman–Crippen LogP) is 10.1. The van der Waals surface area contributed by atoms with E-state index in [4.69, 9.17) is 9.97 Å². The van der Waals surface area contributed by atoms with Gasteiger partial charge < -0.3 is 5.11 Å². The maximum absolute atomic E-state index is 10.9. The molecule has 7 rings (SSSR count). The van der Waals surface area contributed by atoms with Gasteiger partial charge in [-0.1, -0.05) is 100 Å². The molecule has 216 valence electrons. The first-order valence-electron chi connectivity index (χ1n) is 15.2. The zero-order chi connectivity index (χ0) is 30.4. The second-order valence-electron chi connectivity index (χ2n) is 12.4. The summed E-state index contributed by atoms with van der Waals surface area (Å²) in [4.78, 5) is 10.0. The molecule has 2 heterocycles. The Morgan fingerprint density at radius 1 is 0.682 bits per heavy atom. The maximum atomic E-state index is 10.9. The van der Waals surface area contributed by atoms with E-state index >= 15 is 0 Å². The van der Waals surface area contributed by atoms with Crippen LogP contribution in [0.5, 0.6) is 5.75 Å². The fraction of sp³-hybridized carbons (Fsp3) is 0.150. The van der Waals surface area contributed by atoms with Gasteiger partial charge >= 0.3 is 0 Å². The van der Waals surface area contributed by atoms with E-state index in [0.717, 1.165) is 50.9 Å². The van der Waals surface area contributed by atoms with Gasteiger partial charge in [0.05, 0.1) is 22.1 Å². The lowest BCUT2D eigenvalue weighted by Gasteiger charge is -2.19. The Balaban J connectivity index is 1.43. The van der Waals surface area contributed by atoms with Gasteiger partial charge in [0.2, 0.25) is 0 Å². The fourth-order valence-corrected chi connectivity index (χ4v) is 6.17. The minimum absolute atomic E-state index is 0.0476. The molecule has 7 aromatic rings. The van der Waals surface area contributed by atoms with Crippen molar-refractivity contribution in [1.82, 2.24) is 14.5 Å². The SMILES string of the molecule is CCc1ccc(-c2cccc(-c3cccc4c3nc(-c3ccccc3O)n4-c3ccc(C(C)(C)C)cc3)c2)c2ncccc12. The first kappa shape index (κ1) is 27.6. The number of phenols is 1. The van der Waals surface area contributed by atoms with Crippen LogP contribution in [0, 0.1) is 0 Å². The Kier molecular flexibility index (Phi) is 6.78. The number of benzene rings is 5. The van der Waals surface area contributed by atoms with Gasteiger partial charge in [0, 0.05) is 28.4 Å². The number of aromatic hydroxyl groups is 1. The molecule has 0 bridgehead atoms. The van der Waals surface area contributed by atoms with E-state index < -0.39 is 0 Å². The van der Waals surface area contributed by atoms with E-state index in [9.17, 15) is 5.11 Å². The first-order valence-corrected chi connectivity index (χ1v) is 15.2. The summed E-state index contributed by atoms with van der Waals surface area (Å²) >= 11 is 0. The molecule has 0 radical (unpaired) electrons. The predicted molar refractivity (Wildman–Crippen MR) is 182 cm³/mol. The molecule has 0 aliphatic carbocycles. The van der Waals surface area contributed by atoms with Crippen molar-refractivity contribution in [1.29, 1.82) is 0 Å². The quantitative estimate of drug-likeness (QED) is 0.223. The van der Waals surface area contributed by atoms with Gasteiger partial charge in [0.15, 0.2) is 0 Å². The number of aryl methyl sites for hydroxylation is 1. The molecule has 0 unspecified atom stereocenters. The number of fused-ring (bicyclic) bond motifs is 2. The van der Waals surface area contributed by atoms with Crippen molar-refractivity contribution in [3.05, 3.63) is 133 Å². The Morgan fingerprint density at radius 3 is 2.11 bits per heavy atom. The highest BCUT2D eigenvalue weighted by molar-refractivity contribution is 5.99. The van der Waals surface area contributed by atoms with Crippen LogP contribution >= 0.6 is 0 Å². The molecule has 44 heavy (non-hydrogen) atoms. The van der Waals surface area contributed by atoms with E-state index in [1.165, 1.54) is 16.5 Å². The molecular weight excluding hydrogens is 538 g/mol. The Morgan fingerprint density at radius 2 is 1.39 bits per heavy atom. The molecule has 0 saturated carbocycles. The normalized spacial score (nSPS) is 11.8. The standard InChI is InChI=1S/C40H35N3O/c1-5-26-18-23-33(37-31(26)15-10-24-41-37)28-12-8-11-27(25-28)32-14-9-16-35-38(32)42-39(34-13-6-7-17-36(34)44)43(35)30-21-19-29(20-22-30)40(2,3)4/h6-25,44H,5H2,1-4H3. The van der Waals surface area contributed by atoms with E-state index in [0.29, 0.717) is 11.4 Å². The van der Waals surface area contributed by atoms with Gasteiger partial charge in [-0.3, -0.25) is 9.55 Å². The number of nitrogens with zero attached hydrogens (tertiary/aromatic N) is 3. The van der Waals surface area contributed by atoms with Gasteiger partial charge in [-0.05, 0) is 76.6 Å². The molecule has 0 saturated heterocycles. The van der Waals surface area contributed by atoms with Crippen LogP contribution in [0.15, 0.2) is 121 Å². The third-order valence-electron chi connectivity index (χ3n) is 8.55. The molecule has 1 N–H and O–H groups in total. The van der Waals surface area contributed by atoms with Crippen molar-refractivity contribution < 1.29 is 5.11 Å². The molecule has 0 atom stereocenters. The number of aromatic nitrogens is 3. The highest BCUT2D eigenvalue weighted by atomic mass is 16.3.